The molecule has 1 fully saturated rings. The fourth-order valence-electron chi connectivity index (χ4n) is 2.87. The molecule has 1 aromatic carbocycles. The van der Waals surface area contributed by atoms with Crippen LogP contribution in [0.1, 0.15) is 44.7 Å². The van der Waals surface area contributed by atoms with Crippen molar-refractivity contribution in [3.63, 3.8) is 0 Å². The fourth-order valence-corrected chi connectivity index (χ4v) is 2.87. The number of hydrogen-bond acceptors (Lipinski definition) is 3. The third kappa shape index (κ3) is 4.42. The molecule has 0 bridgehead atoms. The average Bonchev–Trinajstić information content (AvgIpc) is 2.47. The van der Waals surface area contributed by atoms with Crippen molar-refractivity contribution in [2.75, 3.05) is 26.7 Å². The summed E-state index contributed by atoms with van der Waals surface area (Å²) in [6.07, 6.45) is 3.62. The Hall–Kier alpha value is -1.13. The van der Waals surface area contributed by atoms with E-state index in [9.17, 15) is 4.39 Å². The zero-order valence-corrected chi connectivity index (χ0v) is 13.4. The van der Waals surface area contributed by atoms with Crippen LogP contribution in [0.5, 0.6) is 5.75 Å². The molecule has 1 N–H and O–H groups in total. The van der Waals surface area contributed by atoms with E-state index in [-0.39, 0.29) is 11.9 Å². The zero-order chi connectivity index (χ0) is 15.2. The Bertz CT molecular complexity index is 452. The number of piperidine rings is 1. The summed E-state index contributed by atoms with van der Waals surface area (Å²) in [5, 5.41) is 3.28. The number of rotatable bonds is 6. The van der Waals surface area contributed by atoms with Gasteiger partial charge in [-0.2, -0.15) is 0 Å². The molecule has 2 atom stereocenters. The predicted molar refractivity (Wildman–Crippen MR) is 84.3 cm³/mol. The lowest BCUT2D eigenvalue weighted by Gasteiger charge is -2.32. The van der Waals surface area contributed by atoms with Gasteiger partial charge in [0.25, 0.3) is 0 Å². The number of halogens is 1. The molecule has 118 valence electrons. The highest BCUT2D eigenvalue weighted by Crippen LogP contribution is 2.23. The quantitative estimate of drug-likeness (QED) is 0.870. The summed E-state index contributed by atoms with van der Waals surface area (Å²) in [5.74, 6) is 0.0946. The molecule has 1 heterocycles. The van der Waals surface area contributed by atoms with Crippen LogP contribution in [-0.4, -0.2) is 37.7 Å². The van der Waals surface area contributed by atoms with Gasteiger partial charge in [-0.05, 0) is 57.6 Å². The summed E-state index contributed by atoms with van der Waals surface area (Å²) in [6, 6.07) is 5.83. The van der Waals surface area contributed by atoms with Gasteiger partial charge in [0.1, 0.15) is 6.61 Å². The summed E-state index contributed by atoms with van der Waals surface area (Å²) in [6.45, 7) is 6.63. The lowest BCUT2D eigenvalue weighted by molar-refractivity contribution is 0.123. The van der Waals surface area contributed by atoms with Crippen LogP contribution >= 0.6 is 0 Å². The Balaban J connectivity index is 1.94. The van der Waals surface area contributed by atoms with Gasteiger partial charge >= 0.3 is 0 Å². The van der Waals surface area contributed by atoms with Crippen LogP contribution in [0.3, 0.4) is 0 Å². The van der Waals surface area contributed by atoms with Crippen LogP contribution in [0.2, 0.25) is 0 Å². The first kappa shape index (κ1) is 16.2. The van der Waals surface area contributed by atoms with Gasteiger partial charge in [0.2, 0.25) is 0 Å². The van der Waals surface area contributed by atoms with E-state index in [1.54, 1.807) is 12.1 Å². The molecule has 0 saturated carbocycles. The first-order chi connectivity index (χ1) is 10.1. The van der Waals surface area contributed by atoms with Crippen LogP contribution in [0.4, 0.5) is 4.39 Å². The van der Waals surface area contributed by atoms with E-state index >= 15 is 0 Å². The lowest BCUT2D eigenvalue weighted by Crippen LogP contribution is -2.40. The number of nitrogens with one attached hydrogen (secondary N) is 1. The second-order valence-corrected chi connectivity index (χ2v) is 5.91. The van der Waals surface area contributed by atoms with E-state index in [1.165, 1.54) is 12.8 Å². The minimum absolute atomic E-state index is 0.156. The Labute approximate surface area is 127 Å². The summed E-state index contributed by atoms with van der Waals surface area (Å²) in [4.78, 5) is 2.31. The number of likely N-dealkylation sites (N-methyl/N-ethyl adjacent to an activating group) is 1. The van der Waals surface area contributed by atoms with E-state index in [0.717, 1.165) is 25.1 Å². The van der Waals surface area contributed by atoms with Crippen molar-refractivity contribution in [2.45, 2.75) is 45.2 Å². The molecule has 4 heteroatoms. The smallest absolute Gasteiger partial charge is 0.165 e. The van der Waals surface area contributed by atoms with Gasteiger partial charge in [0, 0.05) is 12.1 Å². The van der Waals surface area contributed by atoms with Crippen molar-refractivity contribution < 1.29 is 9.13 Å². The van der Waals surface area contributed by atoms with E-state index in [4.69, 9.17) is 4.74 Å². The van der Waals surface area contributed by atoms with Crippen molar-refractivity contribution in [3.05, 3.63) is 29.6 Å². The van der Waals surface area contributed by atoms with Crippen LogP contribution < -0.4 is 10.1 Å². The van der Waals surface area contributed by atoms with Gasteiger partial charge in [-0.1, -0.05) is 19.4 Å². The maximum absolute atomic E-state index is 14.1. The molecule has 3 nitrogen and oxygen atoms in total. The molecule has 1 aliphatic rings. The second-order valence-electron chi connectivity index (χ2n) is 5.91. The maximum Gasteiger partial charge on any atom is 0.165 e. The Kier molecular flexibility index (Phi) is 6.00. The summed E-state index contributed by atoms with van der Waals surface area (Å²) < 4.78 is 19.8. The Morgan fingerprint density at radius 2 is 2.24 bits per heavy atom. The number of likely N-dealkylation sites (tertiary alicyclic amines) is 1. The molecule has 0 aromatic heterocycles. The molecule has 2 rings (SSSR count). The number of benzene rings is 1. The van der Waals surface area contributed by atoms with E-state index in [2.05, 4.69) is 17.3 Å². The summed E-state index contributed by atoms with van der Waals surface area (Å²) in [7, 11) is 2.12. The van der Waals surface area contributed by atoms with Crippen LogP contribution in [-0.2, 0) is 0 Å². The Morgan fingerprint density at radius 3 is 2.90 bits per heavy atom. The predicted octanol–water partition coefficient (Wildman–Crippen LogP) is 3.36. The monoisotopic (exact) mass is 294 g/mol. The standard InChI is InChI=1S/C17H27FN2O/c1-4-19-13(2)14-8-9-17(16(18)11-14)21-12-15-7-5-6-10-20(15)3/h8-9,11,13,15,19H,4-7,10,12H2,1-3H3. The van der Waals surface area contributed by atoms with Gasteiger partial charge < -0.3 is 15.0 Å². The van der Waals surface area contributed by atoms with Crippen molar-refractivity contribution in [1.29, 1.82) is 0 Å². The van der Waals surface area contributed by atoms with Gasteiger partial charge in [-0.25, -0.2) is 4.39 Å². The molecule has 0 amide bonds. The molecule has 1 aliphatic heterocycles. The number of hydrogen-bond donors (Lipinski definition) is 1. The van der Waals surface area contributed by atoms with Gasteiger partial charge in [0.15, 0.2) is 11.6 Å². The van der Waals surface area contributed by atoms with E-state index in [0.29, 0.717) is 18.4 Å². The molecule has 0 radical (unpaired) electrons. The first-order valence-electron chi connectivity index (χ1n) is 7.97. The molecule has 0 aliphatic carbocycles. The summed E-state index contributed by atoms with van der Waals surface area (Å²) >= 11 is 0. The number of ether oxygens (including phenoxy) is 1. The van der Waals surface area contributed by atoms with Crippen molar-refractivity contribution in [3.8, 4) is 5.75 Å². The minimum Gasteiger partial charge on any atom is -0.489 e. The molecule has 1 saturated heterocycles. The molecule has 2 unspecified atom stereocenters. The Morgan fingerprint density at radius 1 is 1.43 bits per heavy atom. The van der Waals surface area contributed by atoms with Gasteiger partial charge in [0.05, 0.1) is 0 Å². The highest BCUT2D eigenvalue weighted by atomic mass is 19.1. The molecule has 0 spiro atoms. The fraction of sp³-hybridized carbons (Fsp3) is 0.647. The first-order valence-corrected chi connectivity index (χ1v) is 7.97. The average molecular weight is 294 g/mol. The SMILES string of the molecule is CCNC(C)c1ccc(OCC2CCCCN2C)c(F)c1. The van der Waals surface area contributed by atoms with Crippen LogP contribution in [0, 0.1) is 5.82 Å². The normalized spacial score (nSPS) is 21.2. The highest BCUT2D eigenvalue weighted by molar-refractivity contribution is 5.31. The molecule has 21 heavy (non-hydrogen) atoms. The van der Waals surface area contributed by atoms with Crippen molar-refractivity contribution in [1.82, 2.24) is 10.2 Å². The number of nitrogens with zero attached hydrogens (tertiary/aromatic N) is 1. The van der Waals surface area contributed by atoms with E-state index in [1.807, 2.05) is 19.9 Å². The van der Waals surface area contributed by atoms with Crippen LogP contribution in [0.15, 0.2) is 18.2 Å². The minimum atomic E-state index is -0.268. The van der Waals surface area contributed by atoms with Crippen LogP contribution in [0.25, 0.3) is 0 Å². The molecular formula is C17H27FN2O. The van der Waals surface area contributed by atoms with Gasteiger partial charge in [-0.3, -0.25) is 0 Å². The zero-order valence-electron chi connectivity index (χ0n) is 13.4. The van der Waals surface area contributed by atoms with Gasteiger partial charge in [-0.15, -0.1) is 0 Å². The van der Waals surface area contributed by atoms with E-state index < -0.39 is 0 Å². The molecular weight excluding hydrogens is 267 g/mol. The maximum atomic E-state index is 14.1. The topological polar surface area (TPSA) is 24.5 Å². The van der Waals surface area contributed by atoms with Crippen molar-refractivity contribution in [2.24, 2.45) is 0 Å². The molecule has 1 aromatic rings. The largest absolute Gasteiger partial charge is 0.489 e. The second kappa shape index (κ2) is 7.76. The lowest BCUT2D eigenvalue weighted by atomic mass is 10.0. The summed E-state index contributed by atoms with van der Waals surface area (Å²) in [5.41, 5.74) is 0.955. The third-order valence-corrected chi connectivity index (χ3v) is 4.32. The third-order valence-electron chi connectivity index (χ3n) is 4.32. The van der Waals surface area contributed by atoms with Crippen molar-refractivity contribution >= 4 is 0 Å². The highest BCUT2D eigenvalue weighted by Gasteiger charge is 2.20.